The Balaban J connectivity index is 2.14. The molecule has 0 nitrogen and oxygen atoms in total. The Morgan fingerprint density at radius 3 is 1.84 bits per heavy atom. The lowest BCUT2D eigenvalue weighted by Gasteiger charge is -2.15. The van der Waals surface area contributed by atoms with E-state index in [0.29, 0.717) is 0 Å². The first-order chi connectivity index (χ1) is 11.8. The van der Waals surface area contributed by atoms with Gasteiger partial charge in [-0.25, -0.2) is 0 Å². The van der Waals surface area contributed by atoms with Crippen LogP contribution in [-0.4, -0.2) is 0 Å². The fourth-order valence-electron chi connectivity index (χ4n) is 3.79. The predicted octanol–water partition coefficient (Wildman–Crippen LogP) is 6.99. The third-order valence-electron chi connectivity index (χ3n) is 5.66. The van der Waals surface area contributed by atoms with Gasteiger partial charge in [0.1, 0.15) is 0 Å². The Morgan fingerprint density at radius 1 is 0.680 bits per heavy atom. The second-order valence-corrected chi connectivity index (χ2v) is 8.35. The molecule has 0 radical (unpaired) electrons. The van der Waals surface area contributed by atoms with Crippen molar-refractivity contribution in [2.75, 3.05) is 0 Å². The van der Waals surface area contributed by atoms with Gasteiger partial charge >= 0.3 is 0 Å². The van der Waals surface area contributed by atoms with Gasteiger partial charge in [0.2, 0.25) is 0 Å². The maximum absolute atomic E-state index is 2.47. The highest BCUT2D eigenvalue weighted by molar-refractivity contribution is 5.41. The summed E-state index contributed by atoms with van der Waals surface area (Å²) in [5.74, 6) is 0.804. The molecule has 2 aromatic carbocycles. The largest absolute Gasteiger partial charge is 0.0628 e. The van der Waals surface area contributed by atoms with Crippen molar-refractivity contribution in [1.29, 1.82) is 0 Å². The van der Waals surface area contributed by atoms with Gasteiger partial charge in [-0.1, -0.05) is 50.1 Å². The topological polar surface area (TPSA) is 0 Å². The van der Waals surface area contributed by atoms with E-state index in [0.717, 1.165) is 18.8 Å². The van der Waals surface area contributed by atoms with Gasteiger partial charge in [0.15, 0.2) is 0 Å². The quantitative estimate of drug-likeness (QED) is 0.511. The molecule has 136 valence electrons. The molecule has 0 aliphatic rings. The molecule has 2 rings (SSSR count). The zero-order valence-electron chi connectivity index (χ0n) is 17.4. The lowest BCUT2D eigenvalue weighted by Crippen LogP contribution is -2.02. The van der Waals surface area contributed by atoms with E-state index in [1.807, 2.05) is 0 Å². The second kappa shape index (κ2) is 8.70. The lowest BCUT2D eigenvalue weighted by atomic mass is 9.91. The van der Waals surface area contributed by atoms with Crippen molar-refractivity contribution in [3.8, 4) is 0 Å². The van der Waals surface area contributed by atoms with Crippen LogP contribution < -0.4 is 0 Å². The van der Waals surface area contributed by atoms with Crippen molar-refractivity contribution in [3.63, 3.8) is 0 Å². The van der Waals surface area contributed by atoms with E-state index in [1.54, 1.807) is 0 Å². The Labute approximate surface area is 155 Å². The van der Waals surface area contributed by atoms with E-state index in [2.05, 4.69) is 72.7 Å². The normalized spacial score (nSPS) is 11.4. The first kappa shape index (κ1) is 19.8. The van der Waals surface area contributed by atoms with Gasteiger partial charge in [0, 0.05) is 0 Å². The number of rotatable bonds is 7. The smallest absolute Gasteiger partial charge is 0.0235 e. The fraction of sp³-hybridized carbons (Fsp3) is 0.520. The summed E-state index contributed by atoms with van der Waals surface area (Å²) < 4.78 is 0. The van der Waals surface area contributed by atoms with Crippen molar-refractivity contribution in [2.24, 2.45) is 5.92 Å². The molecule has 0 saturated carbocycles. The Kier molecular flexibility index (Phi) is 6.87. The minimum atomic E-state index is 0.804. The maximum Gasteiger partial charge on any atom is -0.0235 e. The summed E-state index contributed by atoms with van der Waals surface area (Å²) in [5.41, 5.74) is 11.8. The van der Waals surface area contributed by atoms with Crippen molar-refractivity contribution < 1.29 is 0 Å². The summed E-state index contributed by atoms with van der Waals surface area (Å²) in [6.45, 7) is 15.9. The molecule has 2 aromatic rings. The molecule has 0 heteroatoms. The number of aryl methyl sites for hydroxylation is 6. The average molecular weight is 337 g/mol. The van der Waals surface area contributed by atoms with Crippen molar-refractivity contribution >= 4 is 0 Å². The SMILES string of the molecule is Cc1cc(C)c(C)c(CCc2cc(CCCC(C)C)cc(C)c2C)c1. The average Bonchev–Trinajstić information content (AvgIpc) is 2.53. The second-order valence-electron chi connectivity index (χ2n) is 8.35. The van der Waals surface area contributed by atoms with E-state index in [-0.39, 0.29) is 0 Å². The van der Waals surface area contributed by atoms with Crippen LogP contribution in [0.5, 0.6) is 0 Å². The predicted molar refractivity (Wildman–Crippen MR) is 112 cm³/mol. The van der Waals surface area contributed by atoms with Gasteiger partial charge in [-0.05, 0) is 105 Å². The van der Waals surface area contributed by atoms with Crippen LogP contribution >= 0.6 is 0 Å². The van der Waals surface area contributed by atoms with Crippen LogP contribution in [0.1, 0.15) is 71.2 Å². The van der Waals surface area contributed by atoms with E-state index in [9.17, 15) is 0 Å². The van der Waals surface area contributed by atoms with E-state index in [1.165, 1.54) is 63.8 Å². The van der Waals surface area contributed by atoms with Gasteiger partial charge in [0.05, 0.1) is 0 Å². The van der Waals surface area contributed by atoms with Crippen molar-refractivity contribution in [1.82, 2.24) is 0 Å². The monoisotopic (exact) mass is 336 g/mol. The van der Waals surface area contributed by atoms with Crippen LogP contribution in [0.3, 0.4) is 0 Å². The Morgan fingerprint density at radius 2 is 1.24 bits per heavy atom. The highest BCUT2D eigenvalue weighted by atomic mass is 14.1. The van der Waals surface area contributed by atoms with E-state index in [4.69, 9.17) is 0 Å². The third-order valence-corrected chi connectivity index (χ3v) is 5.66. The molecule has 25 heavy (non-hydrogen) atoms. The van der Waals surface area contributed by atoms with Crippen molar-refractivity contribution in [3.05, 3.63) is 68.8 Å². The van der Waals surface area contributed by atoms with Gasteiger partial charge < -0.3 is 0 Å². The standard InChI is InChI=1S/C25H36/c1-17(2)9-8-10-23-15-20(5)22(7)25(16-23)12-11-24-14-18(3)13-19(4)21(24)6/h13-17H,8-12H2,1-7H3. The van der Waals surface area contributed by atoms with Gasteiger partial charge in [-0.3, -0.25) is 0 Å². The Hall–Kier alpha value is -1.56. The first-order valence-corrected chi connectivity index (χ1v) is 9.93. The minimum Gasteiger partial charge on any atom is -0.0628 e. The van der Waals surface area contributed by atoms with Crippen LogP contribution in [-0.2, 0) is 19.3 Å². The molecule has 0 aliphatic heterocycles. The zero-order chi connectivity index (χ0) is 18.6. The zero-order valence-corrected chi connectivity index (χ0v) is 17.4. The molecule has 0 atom stereocenters. The molecular weight excluding hydrogens is 300 g/mol. The molecule has 0 heterocycles. The van der Waals surface area contributed by atoms with Crippen LogP contribution in [0.15, 0.2) is 24.3 Å². The summed E-state index contributed by atoms with van der Waals surface area (Å²) in [5, 5.41) is 0. The molecule has 0 saturated heterocycles. The van der Waals surface area contributed by atoms with Gasteiger partial charge in [-0.15, -0.1) is 0 Å². The fourth-order valence-corrected chi connectivity index (χ4v) is 3.79. The summed E-state index contributed by atoms with van der Waals surface area (Å²) in [4.78, 5) is 0. The first-order valence-electron chi connectivity index (χ1n) is 9.93. The molecule has 0 N–H and O–H groups in total. The Bertz CT molecular complexity index is 719. The lowest BCUT2D eigenvalue weighted by molar-refractivity contribution is 0.555. The number of hydrogen-bond acceptors (Lipinski definition) is 0. The summed E-state index contributed by atoms with van der Waals surface area (Å²) in [7, 11) is 0. The van der Waals surface area contributed by atoms with Crippen LogP contribution in [0.25, 0.3) is 0 Å². The van der Waals surface area contributed by atoms with Gasteiger partial charge in [-0.2, -0.15) is 0 Å². The molecular formula is C25H36. The third kappa shape index (κ3) is 5.46. The highest BCUT2D eigenvalue weighted by Gasteiger charge is 2.08. The summed E-state index contributed by atoms with van der Waals surface area (Å²) in [6.07, 6.45) is 6.13. The molecule has 0 unspecified atom stereocenters. The molecule has 0 fully saturated rings. The highest BCUT2D eigenvalue weighted by Crippen LogP contribution is 2.23. The van der Waals surface area contributed by atoms with Crippen LogP contribution in [0.4, 0.5) is 0 Å². The molecule has 0 bridgehead atoms. The van der Waals surface area contributed by atoms with E-state index < -0.39 is 0 Å². The molecule has 0 aromatic heterocycles. The molecule has 0 amide bonds. The van der Waals surface area contributed by atoms with Crippen LogP contribution in [0, 0.1) is 40.5 Å². The van der Waals surface area contributed by atoms with E-state index >= 15 is 0 Å². The number of benzene rings is 2. The summed E-state index contributed by atoms with van der Waals surface area (Å²) in [6, 6.07) is 9.54. The minimum absolute atomic E-state index is 0.804. The van der Waals surface area contributed by atoms with Crippen molar-refractivity contribution in [2.45, 2.75) is 80.6 Å². The summed E-state index contributed by atoms with van der Waals surface area (Å²) >= 11 is 0. The molecule has 0 spiro atoms. The van der Waals surface area contributed by atoms with Gasteiger partial charge in [0.25, 0.3) is 0 Å². The van der Waals surface area contributed by atoms with Crippen LogP contribution in [0.2, 0.25) is 0 Å². The molecule has 0 aliphatic carbocycles. The maximum atomic E-state index is 2.47. The number of hydrogen-bond donors (Lipinski definition) is 0.